The summed E-state index contributed by atoms with van der Waals surface area (Å²) in [5.41, 5.74) is 3.11. The van der Waals surface area contributed by atoms with E-state index in [9.17, 15) is 19.7 Å². The van der Waals surface area contributed by atoms with E-state index >= 15 is 0 Å². The number of nitro benzene ring substituents is 1. The molecule has 0 N–H and O–H groups in total. The zero-order chi connectivity index (χ0) is 31.4. The number of likely N-dealkylation sites (N-methyl/N-ethyl adjacent to an activating group) is 1. The maximum atomic E-state index is 14.0. The van der Waals surface area contributed by atoms with E-state index in [0.29, 0.717) is 50.8 Å². The number of amides is 1. The number of nitro groups is 1. The Morgan fingerprint density at radius 2 is 1.75 bits per heavy atom. The summed E-state index contributed by atoms with van der Waals surface area (Å²) in [6.45, 7) is 6.98. The van der Waals surface area contributed by atoms with Crippen LogP contribution < -0.4 is 24.4 Å². The minimum Gasteiger partial charge on any atom is -0.496 e. The van der Waals surface area contributed by atoms with Crippen LogP contribution in [-0.4, -0.2) is 40.5 Å². The summed E-state index contributed by atoms with van der Waals surface area (Å²) >= 11 is 1.27. The monoisotopic (exact) mass is 612 g/mol. The topological polar surface area (TPSA) is 116 Å². The number of rotatable bonds is 10. The van der Waals surface area contributed by atoms with Crippen molar-refractivity contribution in [2.24, 2.45) is 4.99 Å². The highest BCUT2D eigenvalue weighted by molar-refractivity contribution is 7.07. The number of aromatic nitrogens is 1. The van der Waals surface area contributed by atoms with E-state index in [1.54, 1.807) is 46.9 Å². The maximum absolute atomic E-state index is 14.0. The molecule has 0 bridgehead atoms. The van der Waals surface area contributed by atoms with Gasteiger partial charge in [-0.1, -0.05) is 41.7 Å². The highest BCUT2D eigenvalue weighted by Gasteiger charge is 2.35. The Labute approximate surface area is 258 Å². The number of allylic oxidation sites excluding steroid dienone is 1. The summed E-state index contributed by atoms with van der Waals surface area (Å²) in [5.74, 6) is 1.04. The summed E-state index contributed by atoms with van der Waals surface area (Å²) in [5, 5.41) is 10.9. The van der Waals surface area contributed by atoms with Crippen molar-refractivity contribution in [1.29, 1.82) is 0 Å². The first-order valence-corrected chi connectivity index (χ1v) is 15.0. The van der Waals surface area contributed by atoms with Crippen molar-refractivity contribution in [2.45, 2.75) is 33.4 Å². The molecule has 1 aliphatic heterocycles. The molecule has 11 heteroatoms. The molecule has 0 spiro atoms. The Bertz CT molecular complexity index is 1910. The minimum absolute atomic E-state index is 0.0273. The smallest absolute Gasteiger partial charge is 0.271 e. The first-order chi connectivity index (χ1) is 21.2. The van der Waals surface area contributed by atoms with Gasteiger partial charge in [-0.05, 0) is 68.3 Å². The first-order valence-electron chi connectivity index (χ1n) is 14.2. The van der Waals surface area contributed by atoms with Gasteiger partial charge >= 0.3 is 0 Å². The van der Waals surface area contributed by atoms with Crippen LogP contribution in [0.15, 0.2) is 93.9 Å². The molecule has 1 atom stereocenters. The van der Waals surface area contributed by atoms with Crippen LogP contribution >= 0.6 is 11.3 Å². The lowest BCUT2D eigenvalue weighted by atomic mass is 9.94. The van der Waals surface area contributed by atoms with Gasteiger partial charge < -0.3 is 14.4 Å². The number of non-ortho nitro benzene ring substituents is 1. The summed E-state index contributed by atoms with van der Waals surface area (Å²) in [6.07, 6.45) is 1.80. The van der Waals surface area contributed by atoms with Crippen LogP contribution in [0.1, 0.15) is 43.5 Å². The summed E-state index contributed by atoms with van der Waals surface area (Å²) < 4.78 is 13.6. The minimum atomic E-state index is -0.701. The molecule has 0 aliphatic carbocycles. The lowest BCUT2D eigenvalue weighted by Crippen LogP contribution is -2.43. The van der Waals surface area contributed by atoms with Crippen molar-refractivity contribution < 1.29 is 19.2 Å². The van der Waals surface area contributed by atoms with Crippen LogP contribution in [0.5, 0.6) is 11.5 Å². The predicted molar refractivity (Wildman–Crippen MR) is 169 cm³/mol. The number of benzene rings is 3. The van der Waals surface area contributed by atoms with E-state index in [1.807, 2.05) is 57.2 Å². The fourth-order valence-corrected chi connectivity index (χ4v) is 6.20. The molecule has 0 saturated heterocycles. The number of fused-ring (bicyclic) bond motifs is 1. The molecule has 44 heavy (non-hydrogen) atoms. The van der Waals surface area contributed by atoms with Gasteiger partial charge in [-0.2, -0.15) is 0 Å². The summed E-state index contributed by atoms with van der Waals surface area (Å²) in [4.78, 5) is 45.2. The standard InChI is InChI=1S/C33H32N4O6S/c1-5-35(6-2)32(39)29-21(3)34-33-36(30(29)26-9-7-8-10-27(26)42-4)31(38)28(44-33)19-22-13-17-25(18-14-22)43-20-23-11-15-24(16-12-23)37(40)41/h7-19,30H,5-6,20H2,1-4H3/b28-19+/t30-/m0/s1. The van der Waals surface area contributed by atoms with Crippen molar-refractivity contribution in [1.82, 2.24) is 9.47 Å². The number of carbonyl (C=O) groups is 1. The van der Waals surface area contributed by atoms with E-state index < -0.39 is 11.0 Å². The Hall–Kier alpha value is -5.03. The second-order valence-corrected chi connectivity index (χ2v) is 11.1. The van der Waals surface area contributed by atoms with E-state index in [0.717, 1.165) is 11.1 Å². The fourth-order valence-electron chi connectivity index (χ4n) is 5.15. The first kappa shape index (κ1) is 30.4. The largest absolute Gasteiger partial charge is 0.496 e. The highest BCUT2D eigenvalue weighted by atomic mass is 32.1. The predicted octanol–water partition coefficient (Wildman–Crippen LogP) is 4.60. The number of ether oxygens (including phenoxy) is 2. The molecule has 1 aliphatic rings. The maximum Gasteiger partial charge on any atom is 0.271 e. The van der Waals surface area contributed by atoms with Crippen LogP contribution in [0, 0.1) is 10.1 Å². The molecular weight excluding hydrogens is 580 g/mol. The van der Waals surface area contributed by atoms with Crippen LogP contribution in [0.4, 0.5) is 5.69 Å². The molecule has 2 heterocycles. The van der Waals surface area contributed by atoms with Crippen molar-refractivity contribution in [3.8, 4) is 11.5 Å². The molecule has 4 aromatic rings. The van der Waals surface area contributed by atoms with Crippen molar-refractivity contribution in [3.05, 3.63) is 131 Å². The molecule has 0 radical (unpaired) electrons. The van der Waals surface area contributed by atoms with Gasteiger partial charge in [-0.3, -0.25) is 24.3 Å². The molecule has 3 aromatic carbocycles. The Balaban J connectivity index is 1.49. The molecule has 1 amide bonds. The van der Waals surface area contributed by atoms with E-state index in [1.165, 1.54) is 23.5 Å². The van der Waals surface area contributed by atoms with Gasteiger partial charge in [0.25, 0.3) is 17.2 Å². The fraction of sp³-hybridized carbons (Fsp3) is 0.242. The average Bonchev–Trinajstić information content (AvgIpc) is 3.34. The zero-order valence-electron chi connectivity index (χ0n) is 24.9. The van der Waals surface area contributed by atoms with Crippen LogP contribution in [0.25, 0.3) is 6.08 Å². The number of hydrogen-bond acceptors (Lipinski definition) is 8. The second-order valence-electron chi connectivity index (χ2n) is 10.1. The third kappa shape index (κ3) is 6.04. The lowest BCUT2D eigenvalue weighted by molar-refractivity contribution is -0.384. The summed E-state index contributed by atoms with van der Waals surface area (Å²) in [7, 11) is 1.57. The highest BCUT2D eigenvalue weighted by Crippen LogP contribution is 2.36. The number of methoxy groups -OCH3 is 1. The summed E-state index contributed by atoms with van der Waals surface area (Å²) in [6, 6.07) is 20.2. The van der Waals surface area contributed by atoms with Crippen molar-refractivity contribution >= 4 is 29.0 Å². The van der Waals surface area contributed by atoms with E-state index in [2.05, 4.69) is 0 Å². The Morgan fingerprint density at radius 3 is 2.39 bits per heavy atom. The molecular formula is C33H32N4O6S. The van der Waals surface area contributed by atoms with Gasteiger partial charge in [0.05, 0.1) is 27.8 Å². The molecule has 0 saturated carbocycles. The molecule has 0 unspecified atom stereocenters. The van der Waals surface area contributed by atoms with Crippen LogP contribution in [-0.2, 0) is 11.4 Å². The number of thiazole rings is 1. The zero-order valence-corrected chi connectivity index (χ0v) is 25.7. The van der Waals surface area contributed by atoms with Gasteiger partial charge in [-0.15, -0.1) is 0 Å². The van der Waals surface area contributed by atoms with Gasteiger partial charge in [0, 0.05) is 30.8 Å². The molecule has 226 valence electrons. The number of carbonyl (C=O) groups excluding carboxylic acids is 1. The van der Waals surface area contributed by atoms with Crippen molar-refractivity contribution in [2.75, 3.05) is 20.2 Å². The third-order valence-electron chi connectivity index (χ3n) is 7.47. The average molecular weight is 613 g/mol. The molecule has 1 aromatic heterocycles. The quantitative estimate of drug-likeness (QED) is 0.191. The van der Waals surface area contributed by atoms with Crippen molar-refractivity contribution in [3.63, 3.8) is 0 Å². The van der Waals surface area contributed by atoms with E-state index in [4.69, 9.17) is 14.5 Å². The molecule has 0 fully saturated rings. The number of nitrogens with zero attached hydrogens (tertiary/aromatic N) is 4. The normalized spacial score (nSPS) is 14.5. The Morgan fingerprint density at radius 1 is 1.07 bits per heavy atom. The van der Waals surface area contributed by atoms with Gasteiger partial charge in [-0.25, -0.2) is 4.99 Å². The number of hydrogen-bond donors (Lipinski definition) is 0. The van der Waals surface area contributed by atoms with Gasteiger partial charge in [0.2, 0.25) is 0 Å². The van der Waals surface area contributed by atoms with Crippen LogP contribution in [0.3, 0.4) is 0 Å². The molecule has 5 rings (SSSR count). The van der Waals surface area contributed by atoms with Crippen LogP contribution in [0.2, 0.25) is 0 Å². The SMILES string of the molecule is CCN(CC)C(=O)C1=C(C)N=c2s/c(=C/c3ccc(OCc4ccc([N+](=O)[O-])cc4)cc3)c(=O)n2[C@H]1c1ccccc1OC. The third-order valence-corrected chi connectivity index (χ3v) is 8.45. The molecule has 10 nitrogen and oxygen atoms in total. The number of para-hydroxylation sites is 1. The Kier molecular flexibility index (Phi) is 9.05. The lowest BCUT2D eigenvalue weighted by Gasteiger charge is -2.29. The van der Waals surface area contributed by atoms with Gasteiger partial charge in [0.15, 0.2) is 4.80 Å². The second kappa shape index (κ2) is 13.1. The van der Waals surface area contributed by atoms with E-state index in [-0.39, 0.29) is 23.8 Å². The van der Waals surface area contributed by atoms with Gasteiger partial charge in [0.1, 0.15) is 24.1 Å².